The van der Waals surface area contributed by atoms with Gasteiger partial charge in [-0.15, -0.1) is 0 Å². The zero-order chi connectivity index (χ0) is 36.0. The van der Waals surface area contributed by atoms with Crippen LogP contribution in [0.1, 0.15) is 36.8 Å². The van der Waals surface area contributed by atoms with Crippen molar-refractivity contribution in [2.24, 2.45) is 0 Å². The van der Waals surface area contributed by atoms with Crippen molar-refractivity contribution >= 4 is 40.3 Å². The molecule has 262 valence electrons. The first-order valence-electron chi connectivity index (χ1n) is 17.2. The predicted octanol–water partition coefficient (Wildman–Crippen LogP) is 4.67. The van der Waals surface area contributed by atoms with Crippen LogP contribution < -0.4 is 16.2 Å². The Kier molecular flexibility index (Phi) is 9.91. The first-order valence-corrected chi connectivity index (χ1v) is 17.2. The number of hydrogen-bond donors (Lipinski definition) is 2. The zero-order valence-electron chi connectivity index (χ0n) is 28.3. The fraction of sp³-hybridized carbons (Fsp3) is 0.231. The number of aromatic nitrogens is 4. The van der Waals surface area contributed by atoms with Crippen LogP contribution in [0.15, 0.2) is 102 Å². The molecular weight excluding hydrogens is 660 g/mol. The Hall–Kier alpha value is -6.50. The van der Waals surface area contributed by atoms with Gasteiger partial charge in [0.25, 0.3) is 17.4 Å². The van der Waals surface area contributed by atoms with Crippen LogP contribution in [0.5, 0.6) is 0 Å². The Bertz CT molecular complexity index is 2220. The summed E-state index contributed by atoms with van der Waals surface area (Å²) < 4.78 is 1.51. The highest BCUT2D eigenvalue weighted by atomic mass is 16.2. The summed E-state index contributed by atoms with van der Waals surface area (Å²) in [5.74, 6) is -1.37. The maximum atomic E-state index is 13.9. The van der Waals surface area contributed by atoms with Gasteiger partial charge in [0.2, 0.25) is 5.91 Å². The number of unbranched alkanes of at least 4 members (excludes halogenated alkanes) is 3. The van der Waals surface area contributed by atoms with E-state index in [4.69, 9.17) is 5.10 Å². The molecule has 5 amide bonds. The number of pyridine rings is 2. The van der Waals surface area contributed by atoms with Crippen molar-refractivity contribution < 1.29 is 19.2 Å². The van der Waals surface area contributed by atoms with Gasteiger partial charge in [-0.2, -0.15) is 5.10 Å². The lowest BCUT2D eigenvalue weighted by Gasteiger charge is -2.17. The van der Waals surface area contributed by atoms with Crippen LogP contribution in [0.25, 0.3) is 33.3 Å². The van der Waals surface area contributed by atoms with Crippen LogP contribution in [-0.2, 0) is 34.0 Å². The van der Waals surface area contributed by atoms with Gasteiger partial charge in [0.15, 0.2) is 0 Å². The van der Waals surface area contributed by atoms with E-state index in [-0.39, 0.29) is 24.0 Å². The summed E-state index contributed by atoms with van der Waals surface area (Å²) in [6, 6.07) is 20.5. The molecule has 5 heterocycles. The Morgan fingerprint density at radius 3 is 2.38 bits per heavy atom. The second kappa shape index (κ2) is 15.2. The lowest BCUT2D eigenvalue weighted by atomic mass is 10.00. The Balaban J connectivity index is 1.02. The molecule has 52 heavy (non-hydrogen) atoms. The van der Waals surface area contributed by atoms with Gasteiger partial charge in [-0.05, 0) is 65.9 Å². The van der Waals surface area contributed by atoms with Crippen molar-refractivity contribution in [2.45, 2.75) is 45.3 Å². The number of hydrogen-bond acceptors (Lipinski definition) is 8. The number of urea groups is 1. The molecule has 0 bridgehead atoms. The number of nitrogens with one attached hydrogen (secondary N) is 2. The molecule has 7 rings (SSSR count). The third-order valence-electron chi connectivity index (χ3n) is 9.18. The highest BCUT2D eigenvalue weighted by molar-refractivity contribution is 6.14. The van der Waals surface area contributed by atoms with Crippen LogP contribution in [0.3, 0.4) is 0 Å². The minimum absolute atomic E-state index is 0.197. The minimum Gasteiger partial charge on any atom is -0.355 e. The molecule has 2 aliphatic rings. The molecule has 5 aromatic rings. The first kappa shape index (κ1) is 34.0. The lowest BCUT2D eigenvalue weighted by molar-refractivity contribution is -0.141. The van der Waals surface area contributed by atoms with Crippen molar-refractivity contribution in [1.29, 1.82) is 0 Å². The van der Waals surface area contributed by atoms with Gasteiger partial charge in [-0.25, -0.2) is 9.48 Å². The number of carbonyl (C=O) groups is 4. The monoisotopic (exact) mass is 696 g/mol. The fourth-order valence-corrected chi connectivity index (χ4v) is 6.41. The van der Waals surface area contributed by atoms with Crippen LogP contribution in [0, 0.1) is 0 Å². The number of rotatable bonds is 12. The predicted molar refractivity (Wildman–Crippen MR) is 195 cm³/mol. The second-order valence-electron chi connectivity index (χ2n) is 12.7. The van der Waals surface area contributed by atoms with Gasteiger partial charge in [0, 0.05) is 73.6 Å². The second-order valence-corrected chi connectivity index (χ2v) is 12.7. The van der Waals surface area contributed by atoms with E-state index in [2.05, 4.69) is 20.6 Å². The maximum Gasteiger partial charge on any atom is 0.322 e. The SMILES string of the molecule is O=C(CN1C(=O)C=CC1=O)NCCCCCCn1nc(-c2ccc(NC(=O)N3Cc4ccncc4C3)cc2)cc(-c2cccc3ncccc23)c1=O. The quantitative estimate of drug-likeness (QED) is 0.141. The van der Waals surface area contributed by atoms with E-state index in [0.717, 1.165) is 63.1 Å². The number of fused-ring (bicyclic) bond motifs is 2. The van der Waals surface area contributed by atoms with Crippen LogP contribution in [0.2, 0.25) is 0 Å². The van der Waals surface area contributed by atoms with Crippen LogP contribution in [-0.4, -0.2) is 66.4 Å². The molecule has 13 nitrogen and oxygen atoms in total. The number of anilines is 1. The highest BCUT2D eigenvalue weighted by Crippen LogP contribution is 2.29. The number of carbonyl (C=O) groups excluding carboxylic acids is 4. The van der Waals surface area contributed by atoms with Gasteiger partial charge >= 0.3 is 6.03 Å². The summed E-state index contributed by atoms with van der Waals surface area (Å²) in [5, 5.41) is 11.4. The van der Waals surface area contributed by atoms with E-state index < -0.39 is 11.8 Å². The van der Waals surface area contributed by atoms with Crippen molar-refractivity contribution in [3.8, 4) is 22.4 Å². The smallest absolute Gasteiger partial charge is 0.322 e. The molecule has 0 unspecified atom stereocenters. The van der Waals surface area contributed by atoms with E-state index >= 15 is 0 Å². The fourth-order valence-electron chi connectivity index (χ4n) is 6.41. The van der Waals surface area contributed by atoms with Gasteiger partial charge in [-0.3, -0.25) is 34.0 Å². The molecule has 3 aromatic heterocycles. The summed E-state index contributed by atoms with van der Waals surface area (Å²) in [5.41, 5.74) is 6.03. The van der Waals surface area contributed by atoms with Crippen molar-refractivity contribution in [1.82, 2.24) is 34.9 Å². The molecule has 0 saturated carbocycles. The molecule has 2 N–H and O–H groups in total. The molecule has 0 saturated heterocycles. The molecule has 0 fully saturated rings. The largest absolute Gasteiger partial charge is 0.355 e. The molecule has 0 radical (unpaired) electrons. The summed E-state index contributed by atoms with van der Waals surface area (Å²) in [6.07, 6.45) is 10.5. The lowest BCUT2D eigenvalue weighted by Crippen LogP contribution is -2.40. The normalized spacial score (nSPS) is 13.5. The number of imide groups is 1. The Labute approximate surface area is 299 Å². The first-order chi connectivity index (χ1) is 25.3. The molecule has 2 aliphatic heterocycles. The number of benzene rings is 2. The average molecular weight is 697 g/mol. The molecule has 0 atom stereocenters. The van der Waals surface area contributed by atoms with Crippen LogP contribution in [0.4, 0.5) is 10.5 Å². The molecule has 0 aliphatic carbocycles. The topological polar surface area (TPSA) is 159 Å². The standard InChI is InChI=1S/C39H36N8O5/c48-35(25-46-36(49)14-15-37(46)50)42-17-3-1-2-4-20-47-38(51)32(30-7-5-9-33-31(30)8-6-18-41-33)21-34(44-47)26-10-12-29(13-11-26)43-39(52)45-23-27-16-19-40-22-28(27)24-45/h5-16,18-19,21-22H,1-4,17,20,23-25H2,(H,42,48)(H,43,52). The molecular formula is C39H36N8O5. The number of nitrogens with zero attached hydrogens (tertiary/aromatic N) is 6. The van der Waals surface area contributed by atoms with E-state index in [1.807, 2.05) is 66.7 Å². The summed E-state index contributed by atoms with van der Waals surface area (Å²) >= 11 is 0. The van der Waals surface area contributed by atoms with E-state index in [0.29, 0.717) is 56.0 Å². The number of aryl methyl sites for hydroxylation is 1. The molecule has 2 aromatic carbocycles. The van der Waals surface area contributed by atoms with E-state index in [1.54, 1.807) is 23.5 Å². The van der Waals surface area contributed by atoms with Gasteiger partial charge in [0.1, 0.15) is 6.54 Å². The van der Waals surface area contributed by atoms with Gasteiger partial charge < -0.3 is 15.5 Å². The zero-order valence-corrected chi connectivity index (χ0v) is 28.3. The Morgan fingerprint density at radius 1 is 0.788 bits per heavy atom. The third kappa shape index (κ3) is 7.48. The van der Waals surface area contributed by atoms with Crippen LogP contribution >= 0.6 is 0 Å². The Morgan fingerprint density at radius 2 is 1.58 bits per heavy atom. The van der Waals surface area contributed by atoms with E-state index in [1.165, 1.54) is 4.68 Å². The number of amides is 5. The van der Waals surface area contributed by atoms with E-state index in [9.17, 15) is 24.0 Å². The summed E-state index contributed by atoms with van der Waals surface area (Å²) in [6.45, 7) is 1.54. The highest BCUT2D eigenvalue weighted by Gasteiger charge is 2.26. The molecule has 13 heteroatoms. The average Bonchev–Trinajstić information content (AvgIpc) is 3.74. The van der Waals surface area contributed by atoms with Gasteiger partial charge in [0.05, 0.1) is 16.8 Å². The van der Waals surface area contributed by atoms with Crippen molar-refractivity contribution in [2.75, 3.05) is 18.4 Å². The maximum absolute atomic E-state index is 13.9. The van der Waals surface area contributed by atoms with Crippen molar-refractivity contribution in [3.63, 3.8) is 0 Å². The summed E-state index contributed by atoms with van der Waals surface area (Å²) in [7, 11) is 0. The molecule has 0 spiro atoms. The summed E-state index contributed by atoms with van der Waals surface area (Å²) in [4.78, 5) is 73.8. The van der Waals surface area contributed by atoms with Gasteiger partial charge in [-0.1, -0.05) is 43.2 Å². The third-order valence-corrected chi connectivity index (χ3v) is 9.18. The minimum atomic E-state index is -0.489. The van der Waals surface area contributed by atoms with Crippen molar-refractivity contribution in [3.05, 3.63) is 119 Å².